The van der Waals surface area contributed by atoms with Gasteiger partial charge in [-0.15, -0.1) is 0 Å². The van der Waals surface area contributed by atoms with Crippen LogP contribution >= 0.6 is 0 Å². The first kappa shape index (κ1) is 10.9. The van der Waals surface area contributed by atoms with Gasteiger partial charge in [-0.2, -0.15) is 0 Å². The quantitative estimate of drug-likeness (QED) is 0.746. The first-order chi connectivity index (χ1) is 6.69. The molecule has 0 spiro atoms. The van der Waals surface area contributed by atoms with E-state index >= 15 is 0 Å². The molecule has 1 rings (SSSR count). The van der Waals surface area contributed by atoms with E-state index in [2.05, 4.69) is 4.98 Å². The van der Waals surface area contributed by atoms with Gasteiger partial charge in [0.05, 0.1) is 12.8 Å². The van der Waals surface area contributed by atoms with Gasteiger partial charge in [-0.05, 0) is 19.4 Å². The van der Waals surface area contributed by atoms with Crippen LogP contribution in [0.2, 0.25) is 0 Å². The van der Waals surface area contributed by atoms with Gasteiger partial charge < -0.3 is 15.6 Å². The van der Waals surface area contributed by atoms with Crippen molar-refractivity contribution in [3.63, 3.8) is 0 Å². The molecule has 1 aromatic heterocycles. The molecular formula is C10H16N2O2. The molecule has 0 saturated carbocycles. The number of aliphatic hydroxyl groups excluding tert-OH is 1. The van der Waals surface area contributed by atoms with Gasteiger partial charge in [-0.1, -0.05) is 6.07 Å². The molecule has 1 aromatic rings. The molecule has 3 N–H and O–H groups in total. The summed E-state index contributed by atoms with van der Waals surface area (Å²) in [4.78, 5) is 4.25. The van der Waals surface area contributed by atoms with E-state index in [-0.39, 0.29) is 12.6 Å². The van der Waals surface area contributed by atoms with Crippen molar-refractivity contribution < 1.29 is 9.84 Å². The molecule has 1 unspecified atom stereocenters. The first-order valence-electron chi connectivity index (χ1n) is 4.57. The molecule has 0 fully saturated rings. The maximum Gasteiger partial charge on any atom is 0.216 e. The summed E-state index contributed by atoms with van der Waals surface area (Å²) in [5.74, 6) is 0.593. The van der Waals surface area contributed by atoms with Gasteiger partial charge in [-0.25, -0.2) is 4.98 Å². The lowest BCUT2D eigenvalue weighted by atomic mass is 10.1. The number of hydrogen-bond donors (Lipinski definition) is 2. The summed E-state index contributed by atoms with van der Waals surface area (Å²) in [7, 11) is 1.58. The number of aryl methyl sites for hydroxylation is 1. The fraction of sp³-hybridized carbons (Fsp3) is 0.500. The van der Waals surface area contributed by atoms with Crippen molar-refractivity contribution in [3.05, 3.63) is 23.4 Å². The molecule has 1 heterocycles. The maximum absolute atomic E-state index is 8.74. The van der Waals surface area contributed by atoms with Crippen LogP contribution in [-0.2, 0) is 0 Å². The van der Waals surface area contributed by atoms with Crippen LogP contribution in [0.15, 0.2) is 12.1 Å². The average Bonchev–Trinajstić information content (AvgIpc) is 2.19. The lowest BCUT2D eigenvalue weighted by Crippen LogP contribution is -2.14. The van der Waals surface area contributed by atoms with E-state index in [0.717, 1.165) is 11.3 Å². The van der Waals surface area contributed by atoms with E-state index in [4.69, 9.17) is 15.6 Å². The molecule has 78 valence electrons. The maximum atomic E-state index is 8.74. The van der Waals surface area contributed by atoms with Crippen molar-refractivity contribution in [2.45, 2.75) is 19.4 Å². The summed E-state index contributed by atoms with van der Waals surface area (Å²) in [5, 5.41) is 8.74. The highest BCUT2D eigenvalue weighted by Crippen LogP contribution is 2.18. The first-order valence-corrected chi connectivity index (χ1v) is 4.57. The Balaban J connectivity index is 2.88. The van der Waals surface area contributed by atoms with Crippen LogP contribution in [0.5, 0.6) is 5.88 Å². The summed E-state index contributed by atoms with van der Waals surface area (Å²) >= 11 is 0. The van der Waals surface area contributed by atoms with Crippen LogP contribution in [0.3, 0.4) is 0 Å². The van der Waals surface area contributed by atoms with Gasteiger partial charge in [0.1, 0.15) is 0 Å². The van der Waals surface area contributed by atoms with Crippen molar-refractivity contribution in [3.8, 4) is 5.88 Å². The third-order valence-electron chi connectivity index (χ3n) is 2.09. The summed E-state index contributed by atoms with van der Waals surface area (Å²) in [6, 6.07) is 3.55. The molecule has 0 aliphatic rings. The van der Waals surface area contributed by atoms with E-state index in [1.54, 1.807) is 7.11 Å². The second-order valence-electron chi connectivity index (χ2n) is 3.18. The minimum atomic E-state index is -0.227. The van der Waals surface area contributed by atoms with Gasteiger partial charge in [0.2, 0.25) is 5.88 Å². The number of nitrogens with zero attached hydrogens (tertiary/aromatic N) is 1. The van der Waals surface area contributed by atoms with Crippen LogP contribution in [0.4, 0.5) is 0 Å². The second-order valence-corrected chi connectivity index (χ2v) is 3.18. The average molecular weight is 196 g/mol. The minimum Gasteiger partial charge on any atom is -0.481 e. The Morgan fingerprint density at radius 3 is 2.86 bits per heavy atom. The van der Waals surface area contributed by atoms with Gasteiger partial charge in [0, 0.05) is 18.2 Å². The zero-order valence-corrected chi connectivity index (χ0v) is 8.53. The standard InChI is InChI=1S/C10H16N2O2/c1-7-3-4-9(8(11)5-6-13)12-10(7)14-2/h3-4,8,13H,5-6,11H2,1-2H3. The Morgan fingerprint density at radius 2 is 2.29 bits per heavy atom. The third-order valence-corrected chi connectivity index (χ3v) is 2.09. The molecule has 0 bridgehead atoms. The molecular weight excluding hydrogens is 180 g/mol. The highest BCUT2D eigenvalue weighted by molar-refractivity contribution is 5.27. The smallest absolute Gasteiger partial charge is 0.216 e. The number of pyridine rings is 1. The van der Waals surface area contributed by atoms with Crippen LogP contribution in [-0.4, -0.2) is 23.8 Å². The lowest BCUT2D eigenvalue weighted by Gasteiger charge is -2.11. The van der Waals surface area contributed by atoms with E-state index in [1.165, 1.54) is 0 Å². The Bertz CT molecular complexity index is 302. The van der Waals surface area contributed by atoms with E-state index in [9.17, 15) is 0 Å². The Morgan fingerprint density at radius 1 is 1.57 bits per heavy atom. The molecule has 1 atom stereocenters. The fourth-order valence-corrected chi connectivity index (χ4v) is 1.22. The number of aliphatic hydroxyl groups is 1. The largest absolute Gasteiger partial charge is 0.481 e. The van der Waals surface area contributed by atoms with Crippen LogP contribution < -0.4 is 10.5 Å². The number of rotatable bonds is 4. The summed E-state index contributed by atoms with van der Waals surface area (Å²) in [5.41, 5.74) is 7.53. The van der Waals surface area contributed by atoms with Gasteiger partial charge in [0.25, 0.3) is 0 Å². The van der Waals surface area contributed by atoms with Crippen LogP contribution in [0, 0.1) is 6.92 Å². The van der Waals surface area contributed by atoms with Gasteiger partial charge in [0.15, 0.2) is 0 Å². The number of hydrogen-bond acceptors (Lipinski definition) is 4. The van der Waals surface area contributed by atoms with Crippen molar-refractivity contribution in [1.82, 2.24) is 4.98 Å². The summed E-state index contributed by atoms with van der Waals surface area (Å²) in [6.07, 6.45) is 0.513. The predicted molar refractivity (Wildman–Crippen MR) is 54.2 cm³/mol. The van der Waals surface area contributed by atoms with E-state index < -0.39 is 0 Å². The van der Waals surface area contributed by atoms with Crippen molar-refractivity contribution in [2.24, 2.45) is 5.73 Å². The van der Waals surface area contributed by atoms with Gasteiger partial charge >= 0.3 is 0 Å². The minimum absolute atomic E-state index is 0.0685. The van der Waals surface area contributed by atoms with E-state index in [1.807, 2.05) is 19.1 Å². The fourth-order valence-electron chi connectivity index (χ4n) is 1.22. The number of methoxy groups -OCH3 is 1. The monoisotopic (exact) mass is 196 g/mol. The van der Waals surface area contributed by atoms with Crippen LogP contribution in [0.25, 0.3) is 0 Å². The number of aromatic nitrogens is 1. The Hall–Kier alpha value is -1.13. The highest BCUT2D eigenvalue weighted by Gasteiger charge is 2.09. The van der Waals surface area contributed by atoms with Gasteiger partial charge in [-0.3, -0.25) is 0 Å². The van der Waals surface area contributed by atoms with Crippen LogP contribution in [0.1, 0.15) is 23.7 Å². The van der Waals surface area contributed by atoms with Crippen molar-refractivity contribution in [2.75, 3.05) is 13.7 Å². The molecule has 4 heteroatoms. The SMILES string of the molecule is COc1nc(C(N)CCO)ccc1C. The Labute approximate surface area is 83.7 Å². The normalized spacial score (nSPS) is 12.6. The highest BCUT2D eigenvalue weighted by atomic mass is 16.5. The lowest BCUT2D eigenvalue weighted by molar-refractivity contribution is 0.275. The predicted octanol–water partition coefficient (Wildman–Crippen LogP) is 0.781. The summed E-state index contributed by atoms with van der Waals surface area (Å²) < 4.78 is 5.08. The Kier molecular flexibility index (Phi) is 3.85. The second kappa shape index (κ2) is 4.93. The summed E-state index contributed by atoms with van der Waals surface area (Å²) in [6.45, 7) is 1.99. The topological polar surface area (TPSA) is 68.4 Å². The number of nitrogens with two attached hydrogens (primary N) is 1. The molecule has 0 aromatic carbocycles. The molecule has 0 radical (unpaired) electrons. The molecule has 0 saturated heterocycles. The van der Waals surface area contributed by atoms with Crippen molar-refractivity contribution in [1.29, 1.82) is 0 Å². The molecule has 14 heavy (non-hydrogen) atoms. The molecule has 0 amide bonds. The van der Waals surface area contributed by atoms with E-state index in [0.29, 0.717) is 12.3 Å². The zero-order chi connectivity index (χ0) is 10.6. The number of ether oxygens (including phenoxy) is 1. The van der Waals surface area contributed by atoms with Crippen molar-refractivity contribution >= 4 is 0 Å². The third kappa shape index (κ3) is 2.43. The molecule has 0 aliphatic heterocycles. The zero-order valence-electron chi connectivity index (χ0n) is 8.53. The molecule has 4 nitrogen and oxygen atoms in total. The molecule has 0 aliphatic carbocycles.